The summed E-state index contributed by atoms with van der Waals surface area (Å²) in [6.07, 6.45) is 1.16. The molecule has 9 nitrogen and oxygen atoms in total. The minimum Gasteiger partial charge on any atom is -0.487 e. The third-order valence-electron chi connectivity index (χ3n) is 5.22. The first-order chi connectivity index (χ1) is 12.9. The molecule has 2 aliphatic rings. The maximum Gasteiger partial charge on any atom is 0.296 e. The van der Waals surface area contributed by atoms with E-state index in [0.29, 0.717) is 24.2 Å². The number of aliphatic hydroxyl groups is 1. The van der Waals surface area contributed by atoms with Crippen molar-refractivity contribution in [3.8, 4) is 5.75 Å². The molecule has 1 aromatic carbocycles. The Morgan fingerprint density at radius 2 is 2.04 bits per heavy atom. The predicted octanol–water partition coefficient (Wildman–Crippen LogP) is 2.78. The average Bonchev–Trinajstić information content (AvgIpc) is 2.96. The van der Waals surface area contributed by atoms with E-state index in [9.17, 15) is 24.8 Å². The largest absolute Gasteiger partial charge is 0.487 e. The van der Waals surface area contributed by atoms with Gasteiger partial charge in [-0.05, 0) is 26.8 Å². The number of ether oxygens (including phenoxy) is 2. The number of nitrogens with one attached hydrogen (secondary N) is 1. The maximum atomic E-state index is 11.6. The van der Waals surface area contributed by atoms with Gasteiger partial charge in [0.1, 0.15) is 28.4 Å². The number of nitro benzene ring substituents is 1. The molecule has 0 spiro atoms. The van der Waals surface area contributed by atoms with Crippen LogP contribution in [0.1, 0.15) is 52.2 Å². The Labute approximate surface area is 161 Å². The smallest absolute Gasteiger partial charge is 0.296 e. The number of allylic oxidation sites excluding steroid dienone is 2. The molecule has 2 N–H and O–H groups in total. The normalized spacial score (nSPS) is 25.4. The standard InChI is InChI=1S/C19H22N2O7/c1-10(22)20-14-8-13-16(9-15(14)21(25)26)28-18(2,3)19(4,24)17(13)27-12-6-5-11(23)7-12/h7-9,17,24H,5-6H2,1-4H3,(H,20,22). The zero-order chi connectivity index (χ0) is 20.9. The number of amides is 1. The Morgan fingerprint density at radius 1 is 1.36 bits per heavy atom. The fraction of sp³-hybridized carbons (Fsp3) is 0.474. The first-order valence-corrected chi connectivity index (χ1v) is 8.84. The van der Waals surface area contributed by atoms with Gasteiger partial charge in [-0.3, -0.25) is 19.7 Å². The fourth-order valence-corrected chi connectivity index (χ4v) is 3.31. The molecule has 0 saturated heterocycles. The molecule has 0 radical (unpaired) electrons. The van der Waals surface area contributed by atoms with E-state index in [0.717, 1.165) is 0 Å². The number of fused-ring (bicyclic) bond motifs is 1. The van der Waals surface area contributed by atoms with Crippen LogP contribution in [0.2, 0.25) is 0 Å². The van der Waals surface area contributed by atoms with Crippen molar-refractivity contribution in [2.75, 3.05) is 5.32 Å². The molecular formula is C19H22N2O7. The van der Waals surface area contributed by atoms with Gasteiger partial charge in [-0.1, -0.05) is 0 Å². The number of nitro groups is 1. The Hall–Kier alpha value is -2.94. The summed E-state index contributed by atoms with van der Waals surface area (Å²) in [7, 11) is 0. The topological polar surface area (TPSA) is 128 Å². The highest BCUT2D eigenvalue weighted by Crippen LogP contribution is 2.51. The van der Waals surface area contributed by atoms with Gasteiger partial charge in [0.25, 0.3) is 5.69 Å². The van der Waals surface area contributed by atoms with Crippen LogP contribution in [-0.4, -0.2) is 32.9 Å². The van der Waals surface area contributed by atoms with Crippen LogP contribution in [0.5, 0.6) is 5.75 Å². The molecule has 0 bridgehead atoms. The van der Waals surface area contributed by atoms with E-state index >= 15 is 0 Å². The van der Waals surface area contributed by atoms with Gasteiger partial charge in [0, 0.05) is 31.4 Å². The molecular weight excluding hydrogens is 368 g/mol. The molecule has 28 heavy (non-hydrogen) atoms. The molecule has 1 aromatic rings. The number of carbonyl (C=O) groups is 2. The second-order valence-electron chi connectivity index (χ2n) is 7.68. The van der Waals surface area contributed by atoms with Gasteiger partial charge in [-0.25, -0.2) is 0 Å². The highest BCUT2D eigenvalue weighted by Gasteiger charge is 2.55. The van der Waals surface area contributed by atoms with Crippen molar-refractivity contribution in [2.45, 2.75) is 57.8 Å². The van der Waals surface area contributed by atoms with Gasteiger partial charge < -0.3 is 19.9 Å². The zero-order valence-electron chi connectivity index (χ0n) is 16.1. The van der Waals surface area contributed by atoms with E-state index in [4.69, 9.17) is 9.47 Å². The summed E-state index contributed by atoms with van der Waals surface area (Å²) in [6, 6.07) is 2.59. The fourth-order valence-electron chi connectivity index (χ4n) is 3.31. The van der Waals surface area contributed by atoms with Crippen molar-refractivity contribution >= 4 is 23.1 Å². The Kier molecular flexibility index (Phi) is 4.66. The number of hydrogen-bond donors (Lipinski definition) is 2. The van der Waals surface area contributed by atoms with Gasteiger partial charge >= 0.3 is 0 Å². The SMILES string of the molecule is CC(=O)Nc1cc2c(cc1[N+](=O)[O-])OC(C)(C)C(C)(O)C2OC1=CC(=O)CC1. The lowest BCUT2D eigenvalue weighted by Gasteiger charge is -2.49. The molecule has 1 heterocycles. The predicted molar refractivity (Wildman–Crippen MR) is 98.9 cm³/mol. The lowest BCUT2D eigenvalue weighted by Crippen LogP contribution is -2.58. The monoisotopic (exact) mass is 390 g/mol. The van der Waals surface area contributed by atoms with Gasteiger partial charge in [0.2, 0.25) is 5.91 Å². The van der Waals surface area contributed by atoms with Crippen LogP contribution in [0, 0.1) is 10.1 Å². The van der Waals surface area contributed by atoms with Crippen molar-refractivity contribution < 1.29 is 29.1 Å². The first-order valence-electron chi connectivity index (χ1n) is 8.84. The lowest BCUT2D eigenvalue weighted by molar-refractivity contribution is -0.384. The molecule has 1 amide bonds. The van der Waals surface area contributed by atoms with Gasteiger partial charge in [-0.15, -0.1) is 0 Å². The summed E-state index contributed by atoms with van der Waals surface area (Å²) in [4.78, 5) is 33.9. The second kappa shape index (κ2) is 6.59. The minimum absolute atomic E-state index is 0.0274. The summed E-state index contributed by atoms with van der Waals surface area (Å²) >= 11 is 0. The molecule has 150 valence electrons. The van der Waals surface area contributed by atoms with Crippen molar-refractivity contribution in [3.05, 3.63) is 39.6 Å². The van der Waals surface area contributed by atoms with Crippen LogP contribution in [0.15, 0.2) is 24.0 Å². The van der Waals surface area contributed by atoms with E-state index < -0.39 is 28.1 Å². The van der Waals surface area contributed by atoms with Gasteiger partial charge in [0.15, 0.2) is 11.9 Å². The summed E-state index contributed by atoms with van der Waals surface area (Å²) in [5.41, 5.74) is -2.69. The van der Waals surface area contributed by atoms with Crippen LogP contribution in [0.3, 0.4) is 0 Å². The molecule has 0 fully saturated rings. The number of carbonyl (C=O) groups excluding carboxylic acids is 2. The lowest BCUT2D eigenvalue weighted by atomic mass is 9.77. The third-order valence-corrected chi connectivity index (χ3v) is 5.22. The highest BCUT2D eigenvalue weighted by molar-refractivity contribution is 5.93. The molecule has 1 aliphatic heterocycles. The average molecular weight is 390 g/mol. The Balaban J connectivity index is 2.16. The zero-order valence-corrected chi connectivity index (χ0v) is 16.1. The second-order valence-corrected chi connectivity index (χ2v) is 7.68. The first kappa shape index (κ1) is 19.8. The van der Waals surface area contributed by atoms with Crippen LogP contribution >= 0.6 is 0 Å². The molecule has 2 atom stereocenters. The number of nitrogens with zero attached hydrogens (tertiary/aromatic N) is 1. The molecule has 9 heteroatoms. The molecule has 0 aromatic heterocycles. The van der Waals surface area contributed by atoms with Crippen LogP contribution in [0.25, 0.3) is 0 Å². The molecule has 3 rings (SSSR count). The number of anilines is 1. The van der Waals surface area contributed by atoms with Gasteiger partial charge in [-0.2, -0.15) is 0 Å². The van der Waals surface area contributed by atoms with E-state index in [1.165, 1.54) is 32.1 Å². The van der Waals surface area contributed by atoms with Gasteiger partial charge in [0.05, 0.1) is 11.0 Å². The van der Waals surface area contributed by atoms with Crippen molar-refractivity contribution in [2.24, 2.45) is 0 Å². The number of hydrogen-bond acceptors (Lipinski definition) is 7. The van der Waals surface area contributed by atoms with E-state index in [1.807, 2.05) is 0 Å². The van der Waals surface area contributed by atoms with E-state index in [1.54, 1.807) is 13.8 Å². The third kappa shape index (κ3) is 3.33. The molecule has 0 saturated carbocycles. The number of ketones is 1. The Morgan fingerprint density at radius 3 is 2.57 bits per heavy atom. The van der Waals surface area contributed by atoms with Crippen LogP contribution < -0.4 is 10.1 Å². The summed E-state index contributed by atoms with van der Waals surface area (Å²) in [5, 5.41) is 25.1. The molecule has 2 unspecified atom stereocenters. The van der Waals surface area contributed by atoms with Crippen molar-refractivity contribution in [1.29, 1.82) is 0 Å². The van der Waals surface area contributed by atoms with Crippen LogP contribution in [0.4, 0.5) is 11.4 Å². The highest BCUT2D eigenvalue weighted by atomic mass is 16.6. The Bertz CT molecular complexity index is 902. The number of benzene rings is 1. The maximum absolute atomic E-state index is 11.6. The quantitative estimate of drug-likeness (QED) is 0.597. The number of rotatable bonds is 4. The minimum atomic E-state index is -1.53. The summed E-state index contributed by atoms with van der Waals surface area (Å²) < 4.78 is 11.9. The summed E-state index contributed by atoms with van der Waals surface area (Å²) in [6.45, 7) is 6.07. The summed E-state index contributed by atoms with van der Waals surface area (Å²) in [5.74, 6) is 0.0582. The van der Waals surface area contributed by atoms with E-state index in [-0.39, 0.29) is 22.9 Å². The van der Waals surface area contributed by atoms with Crippen molar-refractivity contribution in [3.63, 3.8) is 0 Å². The van der Waals surface area contributed by atoms with Crippen LogP contribution in [-0.2, 0) is 14.3 Å². The molecule has 1 aliphatic carbocycles. The van der Waals surface area contributed by atoms with E-state index in [2.05, 4.69) is 5.32 Å². The van der Waals surface area contributed by atoms with Crippen molar-refractivity contribution in [1.82, 2.24) is 0 Å².